The molecule has 0 spiro atoms. The molecule has 0 radical (unpaired) electrons. The maximum atomic E-state index is 11.2. The fourth-order valence-corrected chi connectivity index (χ4v) is 2.49. The molecule has 0 saturated heterocycles. The number of hydrogen-bond donors (Lipinski definition) is 1. The molecule has 3 nitrogen and oxygen atoms in total. The van der Waals surface area contributed by atoms with Gasteiger partial charge < -0.3 is 10.5 Å². The molecule has 0 aliphatic carbocycles. The number of carbonyl (C=O) groups is 1. The number of esters is 1. The van der Waals surface area contributed by atoms with Crippen LogP contribution >= 0.6 is 0 Å². The minimum Gasteiger partial charge on any atom is -0.461 e. The predicted molar refractivity (Wildman–Crippen MR) is 88.6 cm³/mol. The lowest BCUT2D eigenvalue weighted by Crippen LogP contribution is -2.05. The minimum atomic E-state index is -0.303. The number of carbonyl (C=O) groups excluding carboxylic acids is 1. The zero-order chi connectivity index (χ0) is 15.4. The van der Waals surface area contributed by atoms with Crippen molar-refractivity contribution >= 4 is 34.6 Å². The Balaban J connectivity index is 2.81. The number of benzene rings is 2. The van der Waals surface area contributed by atoms with Crippen molar-refractivity contribution in [3.05, 3.63) is 53.6 Å². The number of allylic oxidation sites excluding steroid dienone is 1. The fraction of sp³-hybridized carbons (Fsp3) is 0.167. The largest absolute Gasteiger partial charge is 0.461 e. The van der Waals surface area contributed by atoms with Crippen molar-refractivity contribution in [2.75, 3.05) is 5.73 Å². The van der Waals surface area contributed by atoms with Gasteiger partial charge in [0.1, 0.15) is 6.61 Å². The van der Waals surface area contributed by atoms with Crippen LogP contribution in [0.25, 0.3) is 22.9 Å². The summed E-state index contributed by atoms with van der Waals surface area (Å²) in [5.41, 5.74) is 9.73. The van der Waals surface area contributed by atoms with E-state index in [1.165, 1.54) is 6.92 Å². The second-order valence-corrected chi connectivity index (χ2v) is 4.75. The van der Waals surface area contributed by atoms with Gasteiger partial charge in [0.2, 0.25) is 0 Å². The van der Waals surface area contributed by atoms with Crippen LogP contribution in [0.4, 0.5) is 5.69 Å². The third-order valence-electron chi connectivity index (χ3n) is 3.41. The van der Waals surface area contributed by atoms with Gasteiger partial charge in [-0.2, -0.15) is 0 Å². The Bertz CT molecular complexity index is 730. The molecule has 0 amide bonds. The summed E-state index contributed by atoms with van der Waals surface area (Å²) in [6.07, 6.45) is 5.65. The van der Waals surface area contributed by atoms with Gasteiger partial charge in [0.05, 0.1) is 0 Å². The number of nitrogen functional groups attached to an aromatic ring is 1. The normalized spacial score (nSPS) is 11.0. The van der Waals surface area contributed by atoms with Gasteiger partial charge in [-0.1, -0.05) is 49.1 Å². The van der Waals surface area contributed by atoms with Gasteiger partial charge in [-0.15, -0.1) is 0 Å². The Hall–Kier alpha value is -2.55. The maximum absolute atomic E-state index is 11.2. The van der Waals surface area contributed by atoms with Gasteiger partial charge in [0, 0.05) is 29.1 Å². The summed E-state index contributed by atoms with van der Waals surface area (Å²) in [7, 11) is 0. The molecular weight excluding hydrogens is 262 g/mol. The van der Waals surface area contributed by atoms with Crippen molar-refractivity contribution in [3.63, 3.8) is 0 Å². The summed E-state index contributed by atoms with van der Waals surface area (Å²) in [5, 5.41) is 1.94. The third-order valence-corrected chi connectivity index (χ3v) is 3.41. The molecule has 2 N–H and O–H groups in total. The molecule has 2 aromatic rings. The van der Waals surface area contributed by atoms with Gasteiger partial charge in [-0.05, 0) is 17.9 Å². The van der Waals surface area contributed by atoms with Gasteiger partial charge >= 0.3 is 5.97 Å². The standard InChI is InChI=1S/C18H19NO2/c1-4-8-14-13(5-2)18(19)16-10-7-6-9-15(16)17(14)11-21-12(3)20/h4-10H,2,11,19H2,1,3H3/b8-4-. The maximum Gasteiger partial charge on any atom is 0.302 e. The highest BCUT2D eigenvalue weighted by atomic mass is 16.5. The molecule has 0 heterocycles. The minimum absolute atomic E-state index is 0.219. The van der Waals surface area contributed by atoms with E-state index in [1.54, 1.807) is 6.08 Å². The third kappa shape index (κ3) is 2.82. The van der Waals surface area contributed by atoms with Crippen LogP contribution in [0.1, 0.15) is 30.5 Å². The average Bonchev–Trinajstić information content (AvgIpc) is 2.47. The van der Waals surface area contributed by atoms with E-state index in [0.29, 0.717) is 5.69 Å². The topological polar surface area (TPSA) is 52.3 Å². The molecule has 0 aliphatic heterocycles. The van der Waals surface area contributed by atoms with Crippen molar-refractivity contribution in [1.82, 2.24) is 0 Å². The Morgan fingerprint density at radius 2 is 1.95 bits per heavy atom. The highest BCUT2D eigenvalue weighted by Crippen LogP contribution is 2.34. The highest BCUT2D eigenvalue weighted by Gasteiger charge is 2.15. The smallest absolute Gasteiger partial charge is 0.302 e. The first kappa shape index (κ1) is 14.9. The molecule has 0 saturated carbocycles. The first-order valence-corrected chi connectivity index (χ1v) is 6.81. The number of rotatable bonds is 4. The van der Waals surface area contributed by atoms with Crippen LogP contribution in [0.15, 0.2) is 36.9 Å². The summed E-state index contributed by atoms with van der Waals surface area (Å²) >= 11 is 0. The molecule has 0 bridgehead atoms. The van der Waals surface area contributed by atoms with Crippen LogP contribution in [0.3, 0.4) is 0 Å². The van der Waals surface area contributed by atoms with E-state index in [0.717, 1.165) is 27.5 Å². The van der Waals surface area contributed by atoms with E-state index in [4.69, 9.17) is 10.5 Å². The lowest BCUT2D eigenvalue weighted by atomic mass is 9.92. The lowest BCUT2D eigenvalue weighted by molar-refractivity contribution is -0.142. The van der Waals surface area contributed by atoms with E-state index in [1.807, 2.05) is 43.3 Å². The van der Waals surface area contributed by atoms with Crippen LogP contribution in [-0.4, -0.2) is 5.97 Å². The highest BCUT2D eigenvalue weighted by molar-refractivity contribution is 6.02. The molecule has 3 heteroatoms. The van der Waals surface area contributed by atoms with Gasteiger partial charge in [0.25, 0.3) is 0 Å². The zero-order valence-corrected chi connectivity index (χ0v) is 12.3. The molecule has 0 aliphatic rings. The monoisotopic (exact) mass is 281 g/mol. The molecule has 0 unspecified atom stereocenters. The summed E-state index contributed by atoms with van der Waals surface area (Å²) in [6.45, 7) is 7.42. The lowest BCUT2D eigenvalue weighted by Gasteiger charge is -2.17. The Labute approximate surface area is 124 Å². The van der Waals surface area contributed by atoms with Crippen LogP contribution in [-0.2, 0) is 16.1 Å². The second-order valence-electron chi connectivity index (χ2n) is 4.75. The molecule has 2 aromatic carbocycles. The van der Waals surface area contributed by atoms with Crippen molar-refractivity contribution in [1.29, 1.82) is 0 Å². The predicted octanol–water partition coefficient (Wildman–Crippen LogP) is 4.16. The van der Waals surface area contributed by atoms with Gasteiger partial charge in [0.15, 0.2) is 0 Å². The molecule has 21 heavy (non-hydrogen) atoms. The molecule has 2 rings (SSSR count). The summed E-state index contributed by atoms with van der Waals surface area (Å²) in [4.78, 5) is 11.2. The van der Waals surface area contributed by atoms with Crippen LogP contribution in [0.5, 0.6) is 0 Å². The molecular formula is C18H19NO2. The second kappa shape index (κ2) is 6.27. The summed E-state index contributed by atoms with van der Waals surface area (Å²) < 4.78 is 5.21. The van der Waals surface area contributed by atoms with E-state index in [-0.39, 0.29) is 12.6 Å². The van der Waals surface area contributed by atoms with E-state index < -0.39 is 0 Å². The Morgan fingerprint density at radius 1 is 1.29 bits per heavy atom. The molecule has 0 fully saturated rings. The van der Waals surface area contributed by atoms with Crippen molar-refractivity contribution in [3.8, 4) is 0 Å². The average molecular weight is 281 g/mol. The van der Waals surface area contributed by atoms with Crippen LogP contribution in [0.2, 0.25) is 0 Å². The van der Waals surface area contributed by atoms with E-state index in [2.05, 4.69) is 6.58 Å². The van der Waals surface area contributed by atoms with Gasteiger partial charge in [-0.25, -0.2) is 0 Å². The number of hydrogen-bond acceptors (Lipinski definition) is 3. The number of nitrogens with two attached hydrogens (primary N) is 1. The summed E-state index contributed by atoms with van der Waals surface area (Å²) in [5.74, 6) is -0.303. The Kier molecular flexibility index (Phi) is 4.43. The van der Waals surface area contributed by atoms with Crippen LogP contribution < -0.4 is 5.73 Å². The zero-order valence-electron chi connectivity index (χ0n) is 12.3. The van der Waals surface area contributed by atoms with Crippen molar-refractivity contribution in [2.45, 2.75) is 20.5 Å². The van der Waals surface area contributed by atoms with E-state index in [9.17, 15) is 4.79 Å². The van der Waals surface area contributed by atoms with Crippen molar-refractivity contribution < 1.29 is 9.53 Å². The first-order chi connectivity index (χ1) is 10.1. The fourth-order valence-electron chi connectivity index (χ4n) is 2.49. The number of ether oxygens (including phenoxy) is 1. The Morgan fingerprint density at radius 3 is 2.52 bits per heavy atom. The van der Waals surface area contributed by atoms with Gasteiger partial charge in [-0.3, -0.25) is 4.79 Å². The molecule has 108 valence electrons. The van der Waals surface area contributed by atoms with E-state index >= 15 is 0 Å². The summed E-state index contributed by atoms with van der Waals surface area (Å²) in [6, 6.07) is 7.85. The number of fused-ring (bicyclic) bond motifs is 1. The SMILES string of the molecule is C=Cc1c(/C=C\C)c(COC(C)=O)c2ccccc2c1N. The van der Waals surface area contributed by atoms with Crippen LogP contribution in [0, 0.1) is 0 Å². The number of anilines is 1. The molecule has 0 atom stereocenters. The first-order valence-electron chi connectivity index (χ1n) is 6.81. The van der Waals surface area contributed by atoms with Crippen molar-refractivity contribution in [2.24, 2.45) is 0 Å². The quantitative estimate of drug-likeness (QED) is 0.676. The molecule has 0 aromatic heterocycles.